The van der Waals surface area contributed by atoms with E-state index in [0.717, 1.165) is 29.5 Å². The van der Waals surface area contributed by atoms with E-state index in [0.29, 0.717) is 11.5 Å². The van der Waals surface area contributed by atoms with E-state index >= 15 is 0 Å². The summed E-state index contributed by atoms with van der Waals surface area (Å²) in [5.41, 5.74) is 0.397. The molecule has 5 aliphatic rings. The molecule has 19 heavy (non-hydrogen) atoms. The van der Waals surface area contributed by atoms with Crippen molar-refractivity contribution in [3.63, 3.8) is 0 Å². The SMILES string of the molecule is O=C1NC(C23CC4CC(CC(C4)C2)C3)CC(CBr)O1. The predicted molar refractivity (Wildman–Crippen MR) is 76.2 cm³/mol. The molecule has 4 bridgehead atoms. The molecule has 0 aromatic heterocycles. The summed E-state index contributed by atoms with van der Waals surface area (Å²) in [5.74, 6) is 2.82. The van der Waals surface area contributed by atoms with Crippen molar-refractivity contribution >= 4 is 22.0 Å². The molecule has 1 aliphatic heterocycles. The first-order valence-electron chi connectivity index (χ1n) is 7.70. The minimum atomic E-state index is -0.198. The second kappa shape index (κ2) is 4.37. The van der Waals surface area contributed by atoms with Crippen LogP contribution in [0.3, 0.4) is 0 Å². The van der Waals surface area contributed by atoms with Crippen LogP contribution in [0.2, 0.25) is 0 Å². The smallest absolute Gasteiger partial charge is 0.407 e. The lowest BCUT2D eigenvalue weighted by Crippen LogP contribution is -2.60. The first kappa shape index (κ1) is 12.5. The molecule has 0 aromatic rings. The van der Waals surface area contributed by atoms with Crippen LogP contribution in [0.5, 0.6) is 0 Å². The van der Waals surface area contributed by atoms with E-state index in [4.69, 9.17) is 4.74 Å². The standard InChI is InChI=1S/C15H22BrNO2/c16-8-12-4-13(17-14(18)19-12)15-5-9-1-10(6-15)3-11(2-9)7-15/h9-13H,1-8H2,(H,17,18). The third-order valence-corrected chi connectivity index (χ3v) is 6.78. The molecule has 106 valence electrons. The summed E-state index contributed by atoms with van der Waals surface area (Å²) in [5, 5.41) is 3.92. The zero-order valence-corrected chi connectivity index (χ0v) is 12.8. The Morgan fingerprint density at radius 2 is 1.68 bits per heavy atom. The number of cyclic esters (lactones) is 1. The third kappa shape index (κ3) is 2.01. The second-order valence-electron chi connectivity index (χ2n) is 7.39. The quantitative estimate of drug-likeness (QED) is 0.789. The van der Waals surface area contributed by atoms with Crippen molar-refractivity contribution in [1.29, 1.82) is 0 Å². The fourth-order valence-corrected chi connectivity index (χ4v) is 6.20. The van der Waals surface area contributed by atoms with Gasteiger partial charge in [0.25, 0.3) is 0 Å². The summed E-state index contributed by atoms with van der Waals surface area (Å²) in [7, 11) is 0. The van der Waals surface area contributed by atoms with Crippen LogP contribution >= 0.6 is 15.9 Å². The largest absolute Gasteiger partial charge is 0.445 e. The minimum absolute atomic E-state index is 0.0618. The van der Waals surface area contributed by atoms with Gasteiger partial charge in [0, 0.05) is 17.8 Å². The summed E-state index contributed by atoms with van der Waals surface area (Å²) >= 11 is 3.47. The highest BCUT2D eigenvalue weighted by Gasteiger charge is 2.55. The maximum atomic E-state index is 11.8. The van der Waals surface area contributed by atoms with Gasteiger partial charge in [-0.15, -0.1) is 0 Å². The lowest BCUT2D eigenvalue weighted by molar-refractivity contribution is -0.0875. The number of carbonyl (C=O) groups excluding carboxylic acids is 1. The Bertz CT molecular complexity index is 362. The molecular formula is C15H22BrNO2. The average molecular weight is 328 g/mol. The van der Waals surface area contributed by atoms with Crippen molar-refractivity contribution in [1.82, 2.24) is 5.32 Å². The van der Waals surface area contributed by atoms with Crippen LogP contribution in [0.25, 0.3) is 0 Å². The van der Waals surface area contributed by atoms with Crippen molar-refractivity contribution in [3.05, 3.63) is 0 Å². The van der Waals surface area contributed by atoms with Crippen molar-refractivity contribution in [2.75, 3.05) is 5.33 Å². The van der Waals surface area contributed by atoms with Gasteiger partial charge in [-0.1, -0.05) is 15.9 Å². The van der Waals surface area contributed by atoms with Gasteiger partial charge in [0.1, 0.15) is 6.10 Å². The molecule has 5 fully saturated rings. The number of alkyl carbamates (subject to hydrolysis) is 1. The number of carbonyl (C=O) groups is 1. The first-order valence-corrected chi connectivity index (χ1v) is 8.82. The summed E-state index contributed by atoms with van der Waals surface area (Å²) in [6, 6.07) is 0.352. The monoisotopic (exact) mass is 327 g/mol. The van der Waals surface area contributed by atoms with Crippen molar-refractivity contribution in [2.24, 2.45) is 23.2 Å². The van der Waals surface area contributed by atoms with Gasteiger partial charge < -0.3 is 10.1 Å². The number of hydrogen-bond donors (Lipinski definition) is 1. The molecule has 3 nitrogen and oxygen atoms in total. The van der Waals surface area contributed by atoms with Crippen LogP contribution < -0.4 is 5.32 Å². The molecule has 1 N–H and O–H groups in total. The fraction of sp³-hybridized carbons (Fsp3) is 0.933. The van der Waals surface area contributed by atoms with Crippen LogP contribution in [-0.4, -0.2) is 23.6 Å². The molecule has 0 aromatic carbocycles. The van der Waals surface area contributed by atoms with Gasteiger partial charge in [0.2, 0.25) is 0 Å². The molecule has 0 spiro atoms. The van der Waals surface area contributed by atoms with Gasteiger partial charge in [0.15, 0.2) is 0 Å². The molecule has 5 rings (SSSR count). The maximum Gasteiger partial charge on any atom is 0.407 e. The van der Waals surface area contributed by atoms with Crippen molar-refractivity contribution < 1.29 is 9.53 Å². The maximum absolute atomic E-state index is 11.8. The molecule has 1 heterocycles. The minimum Gasteiger partial charge on any atom is -0.445 e. The van der Waals surface area contributed by atoms with Crippen LogP contribution in [0.1, 0.15) is 44.9 Å². The summed E-state index contributed by atoms with van der Waals surface area (Å²) in [6.45, 7) is 0. The van der Waals surface area contributed by atoms with Crippen LogP contribution in [-0.2, 0) is 4.74 Å². The highest BCUT2D eigenvalue weighted by Crippen LogP contribution is 2.61. The van der Waals surface area contributed by atoms with Gasteiger partial charge in [-0.25, -0.2) is 4.79 Å². The lowest BCUT2D eigenvalue weighted by atomic mass is 9.47. The van der Waals surface area contributed by atoms with Crippen LogP contribution in [0.4, 0.5) is 4.79 Å². The van der Waals surface area contributed by atoms with E-state index < -0.39 is 0 Å². The Morgan fingerprint density at radius 3 is 2.21 bits per heavy atom. The number of alkyl halides is 1. The van der Waals surface area contributed by atoms with E-state index in [2.05, 4.69) is 21.2 Å². The number of halogens is 1. The van der Waals surface area contributed by atoms with Gasteiger partial charge in [-0.05, 0) is 61.7 Å². The van der Waals surface area contributed by atoms with E-state index in [1.165, 1.54) is 38.5 Å². The number of amides is 1. The molecular weight excluding hydrogens is 306 g/mol. The zero-order valence-electron chi connectivity index (χ0n) is 11.2. The number of nitrogens with one attached hydrogen (secondary N) is 1. The van der Waals surface area contributed by atoms with Gasteiger partial charge in [-0.2, -0.15) is 0 Å². The Labute approximate surface area is 123 Å². The van der Waals surface area contributed by atoms with Crippen molar-refractivity contribution in [2.45, 2.75) is 57.1 Å². The van der Waals surface area contributed by atoms with E-state index in [-0.39, 0.29) is 12.2 Å². The summed E-state index contributed by atoms with van der Waals surface area (Å²) in [6.07, 6.45) is 9.26. The molecule has 2 atom stereocenters. The number of ether oxygens (including phenoxy) is 1. The number of hydrogen-bond acceptors (Lipinski definition) is 2. The summed E-state index contributed by atoms with van der Waals surface area (Å²) in [4.78, 5) is 11.8. The zero-order chi connectivity index (χ0) is 13.0. The van der Waals surface area contributed by atoms with E-state index in [9.17, 15) is 4.79 Å². The Kier molecular flexibility index (Phi) is 2.87. The van der Waals surface area contributed by atoms with Gasteiger partial charge >= 0.3 is 6.09 Å². The molecule has 0 radical (unpaired) electrons. The molecule has 4 heteroatoms. The molecule has 1 saturated heterocycles. The van der Waals surface area contributed by atoms with Crippen LogP contribution in [0, 0.1) is 23.2 Å². The Balaban J connectivity index is 1.59. The van der Waals surface area contributed by atoms with E-state index in [1.54, 1.807) is 0 Å². The first-order chi connectivity index (χ1) is 9.17. The highest BCUT2D eigenvalue weighted by molar-refractivity contribution is 9.09. The molecule has 2 unspecified atom stereocenters. The molecule has 1 amide bonds. The molecule has 4 aliphatic carbocycles. The van der Waals surface area contributed by atoms with Crippen LogP contribution in [0.15, 0.2) is 0 Å². The lowest BCUT2D eigenvalue weighted by Gasteiger charge is -2.60. The summed E-state index contributed by atoms with van der Waals surface area (Å²) < 4.78 is 5.33. The Hall–Kier alpha value is -0.250. The number of rotatable bonds is 2. The third-order valence-electron chi connectivity index (χ3n) is 6.06. The van der Waals surface area contributed by atoms with Crippen molar-refractivity contribution in [3.8, 4) is 0 Å². The average Bonchev–Trinajstić information content (AvgIpc) is 2.36. The molecule has 4 saturated carbocycles. The second-order valence-corrected chi connectivity index (χ2v) is 8.04. The normalized spacial score (nSPS) is 51.8. The highest BCUT2D eigenvalue weighted by atomic mass is 79.9. The topological polar surface area (TPSA) is 38.3 Å². The van der Waals surface area contributed by atoms with Gasteiger partial charge in [0.05, 0.1) is 0 Å². The van der Waals surface area contributed by atoms with E-state index in [1.807, 2.05) is 0 Å². The Morgan fingerprint density at radius 1 is 1.11 bits per heavy atom. The van der Waals surface area contributed by atoms with Gasteiger partial charge in [-0.3, -0.25) is 0 Å². The predicted octanol–water partition coefficient (Wildman–Crippen LogP) is 3.46. The fourth-order valence-electron chi connectivity index (χ4n) is 5.80.